The lowest BCUT2D eigenvalue weighted by atomic mass is 10.1. The zero-order valence-electron chi connectivity index (χ0n) is 16.5. The number of hydrogen-bond acceptors (Lipinski definition) is 5. The number of esters is 1. The van der Waals surface area contributed by atoms with E-state index >= 15 is 0 Å². The van der Waals surface area contributed by atoms with E-state index in [1.807, 2.05) is 25.1 Å². The number of aryl methyl sites for hydroxylation is 3. The van der Waals surface area contributed by atoms with Crippen LogP contribution >= 0.6 is 0 Å². The molecule has 3 aromatic rings. The highest BCUT2D eigenvalue weighted by atomic mass is 16.5. The quantitative estimate of drug-likeness (QED) is 0.621. The summed E-state index contributed by atoms with van der Waals surface area (Å²) in [6.07, 6.45) is 1.40. The molecule has 142 valence electrons. The van der Waals surface area contributed by atoms with Crippen LogP contribution in [0.1, 0.15) is 36.5 Å². The van der Waals surface area contributed by atoms with Crippen LogP contribution in [-0.2, 0) is 22.4 Å². The van der Waals surface area contributed by atoms with Crippen molar-refractivity contribution in [1.29, 1.82) is 0 Å². The van der Waals surface area contributed by atoms with Crippen LogP contribution in [-0.4, -0.2) is 34.2 Å². The number of carbonyl (C=O) groups is 1. The number of nitrogens with zero attached hydrogens (tertiary/aromatic N) is 3. The second-order valence-electron chi connectivity index (χ2n) is 6.56. The van der Waals surface area contributed by atoms with Gasteiger partial charge in [0.05, 0.1) is 19.4 Å². The summed E-state index contributed by atoms with van der Waals surface area (Å²) >= 11 is 0. The monoisotopic (exact) mass is 367 g/mol. The van der Waals surface area contributed by atoms with Crippen LogP contribution in [0.25, 0.3) is 16.9 Å². The van der Waals surface area contributed by atoms with Gasteiger partial charge in [0.1, 0.15) is 17.1 Å². The molecule has 0 saturated carbocycles. The topological polar surface area (TPSA) is 66.2 Å². The first kappa shape index (κ1) is 18.9. The average Bonchev–Trinajstić information content (AvgIpc) is 3.00. The largest absolute Gasteiger partial charge is 0.496 e. The predicted octanol–water partition coefficient (Wildman–Crippen LogP) is 3.71. The SMILES string of the molecule is CCc1nc2c(C)cc(C)nc2n1-c1ccc(CCOC(C)=O)c(OC)c1. The first-order valence-electron chi connectivity index (χ1n) is 9.10. The molecule has 0 aliphatic heterocycles. The van der Waals surface area contributed by atoms with Gasteiger partial charge in [-0.2, -0.15) is 0 Å². The third-order valence-electron chi connectivity index (χ3n) is 4.53. The molecule has 27 heavy (non-hydrogen) atoms. The molecule has 6 heteroatoms. The Bertz CT molecular complexity index is 992. The van der Waals surface area contributed by atoms with Crippen LogP contribution in [0.3, 0.4) is 0 Å². The molecule has 6 nitrogen and oxygen atoms in total. The van der Waals surface area contributed by atoms with Gasteiger partial charge < -0.3 is 9.47 Å². The molecule has 0 aliphatic carbocycles. The van der Waals surface area contributed by atoms with E-state index in [2.05, 4.69) is 24.5 Å². The van der Waals surface area contributed by atoms with Crippen molar-refractivity contribution < 1.29 is 14.3 Å². The van der Waals surface area contributed by atoms with Gasteiger partial charge in [-0.15, -0.1) is 0 Å². The molecule has 0 saturated heterocycles. The van der Waals surface area contributed by atoms with Crippen molar-refractivity contribution in [2.45, 2.75) is 40.5 Å². The summed E-state index contributed by atoms with van der Waals surface area (Å²) in [6, 6.07) is 8.08. The molecule has 2 aromatic heterocycles. The molecular weight excluding hydrogens is 342 g/mol. The highest BCUT2D eigenvalue weighted by Gasteiger charge is 2.16. The van der Waals surface area contributed by atoms with E-state index in [9.17, 15) is 4.79 Å². The Morgan fingerprint density at radius 2 is 1.96 bits per heavy atom. The van der Waals surface area contributed by atoms with E-state index in [1.54, 1.807) is 7.11 Å². The summed E-state index contributed by atoms with van der Waals surface area (Å²) in [6.45, 7) is 7.89. The second-order valence-corrected chi connectivity index (χ2v) is 6.56. The van der Waals surface area contributed by atoms with Crippen molar-refractivity contribution in [1.82, 2.24) is 14.5 Å². The van der Waals surface area contributed by atoms with E-state index in [0.717, 1.165) is 51.7 Å². The molecule has 0 bridgehead atoms. The number of hydrogen-bond donors (Lipinski definition) is 0. The summed E-state index contributed by atoms with van der Waals surface area (Å²) in [4.78, 5) is 20.5. The minimum Gasteiger partial charge on any atom is -0.496 e. The van der Waals surface area contributed by atoms with Gasteiger partial charge in [0.15, 0.2) is 5.65 Å². The number of pyridine rings is 1. The van der Waals surface area contributed by atoms with Gasteiger partial charge in [0, 0.05) is 31.5 Å². The summed E-state index contributed by atoms with van der Waals surface area (Å²) < 4.78 is 12.7. The number of benzene rings is 1. The van der Waals surface area contributed by atoms with Crippen LogP contribution in [0.2, 0.25) is 0 Å². The van der Waals surface area contributed by atoms with Crippen molar-refractivity contribution in [3.05, 3.63) is 46.9 Å². The fourth-order valence-corrected chi connectivity index (χ4v) is 3.30. The maximum absolute atomic E-state index is 11.0. The van der Waals surface area contributed by atoms with Crippen molar-refractivity contribution >= 4 is 17.1 Å². The number of aromatic nitrogens is 3. The lowest BCUT2D eigenvalue weighted by Gasteiger charge is -2.13. The Balaban J connectivity index is 2.07. The Kier molecular flexibility index (Phi) is 5.44. The Hall–Kier alpha value is -2.89. The van der Waals surface area contributed by atoms with E-state index in [1.165, 1.54) is 6.92 Å². The smallest absolute Gasteiger partial charge is 0.302 e. The molecule has 0 radical (unpaired) electrons. The highest BCUT2D eigenvalue weighted by Crippen LogP contribution is 2.28. The fourth-order valence-electron chi connectivity index (χ4n) is 3.30. The molecule has 2 heterocycles. The number of ether oxygens (including phenoxy) is 2. The lowest BCUT2D eigenvalue weighted by molar-refractivity contribution is -0.140. The molecule has 0 spiro atoms. The third kappa shape index (κ3) is 3.79. The number of imidazole rings is 1. The van der Waals surface area contributed by atoms with Gasteiger partial charge in [0.2, 0.25) is 0 Å². The number of rotatable bonds is 6. The standard InChI is InChI=1S/C21H25N3O3/c1-6-19-23-20-13(2)11-14(3)22-21(20)24(19)17-8-7-16(18(12-17)26-5)9-10-27-15(4)25/h7-8,11-12H,6,9-10H2,1-5H3. The minimum atomic E-state index is -0.278. The third-order valence-corrected chi connectivity index (χ3v) is 4.53. The van der Waals surface area contributed by atoms with Gasteiger partial charge in [-0.3, -0.25) is 9.36 Å². The fraction of sp³-hybridized carbons (Fsp3) is 0.381. The first-order valence-corrected chi connectivity index (χ1v) is 9.10. The number of carbonyl (C=O) groups excluding carboxylic acids is 1. The molecule has 3 rings (SSSR count). The van der Waals surface area contributed by atoms with Crippen LogP contribution < -0.4 is 4.74 Å². The van der Waals surface area contributed by atoms with Crippen LogP contribution in [0.4, 0.5) is 0 Å². The zero-order valence-corrected chi connectivity index (χ0v) is 16.5. The maximum Gasteiger partial charge on any atom is 0.302 e. The molecule has 0 N–H and O–H groups in total. The summed E-state index contributed by atoms with van der Waals surface area (Å²) in [5, 5.41) is 0. The van der Waals surface area contributed by atoms with E-state index in [4.69, 9.17) is 19.4 Å². The summed E-state index contributed by atoms with van der Waals surface area (Å²) in [7, 11) is 1.65. The van der Waals surface area contributed by atoms with Crippen molar-refractivity contribution in [2.24, 2.45) is 0 Å². The molecule has 0 fully saturated rings. The van der Waals surface area contributed by atoms with E-state index < -0.39 is 0 Å². The number of fused-ring (bicyclic) bond motifs is 1. The van der Waals surface area contributed by atoms with Crippen LogP contribution in [0.15, 0.2) is 24.3 Å². The molecule has 0 atom stereocenters. The summed E-state index contributed by atoms with van der Waals surface area (Å²) in [5.41, 5.74) is 5.82. The lowest BCUT2D eigenvalue weighted by Crippen LogP contribution is -2.06. The molecule has 0 amide bonds. The molecular formula is C21H25N3O3. The Labute approximate surface area is 159 Å². The Morgan fingerprint density at radius 3 is 2.63 bits per heavy atom. The van der Waals surface area contributed by atoms with Gasteiger partial charge in [0.25, 0.3) is 0 Å². The zero-order chi connectivity index (χ0) is 19.6. The molecule has 1 aromatic carbocycles. The van der Waals surface area contributed by atoms with E-state index in [-0.39, 0.29) is 5.97 Å². The van der Waals surface area contributed by atoms with Gasteiger partial charge in [-0.05, 0) is 37.1 Å². The van der Waals surface area contributed by atoms with E-state index in [0.29, 0.717) is 13.0 Å². The number of methoxy groups -OCH3 is 1. The predicted molar refractivity (Wildman–Crippen MR) is 105 cm³/mol. The van der Waals surface area contributed by atoms with Crippen molar-refractivity contribution in [2.75, 3.05) is 13.7 Å². The van der Waals surface area contributed by atoms with Gasteiger partial charge in [-0.1, -0.05) is 13.0 Å². The maximum atomic E-state index is 11.0. The Morgan fingerprint density at radius 1 is 1.19 bits per heavy atom. The second kappa shape index (κ2) is 7.78. The van der Waals surface area contributed by atoms with Gasteiger partial charge >= 0.3 is 5.97 Å². The highest BCUT2D eigenvalue weighted by molar-refractivity contribution is 5.78. The molecule has 0 aliphatic rings. The van der Waals surface area contributed by atoms with Crippen molar-refractivity contribution in [3.63, 3.8) is 0 Å². The van der Waals surface area contributed by atoms with Crippen molar-refractivity contribution in [3.8, 4) is 11.4 Å². The van der Waals surface area contributed by atoms with Crippen LogP contribution in [0, 0.1) is 13.8 Å². The normalized spacial score (nSPS) is 11.0. The van der Waals surface area contributed by atoms with Crippen LogP contribution in [0.5, 0.6) is 5.75 Å². The molecule has 0 unspecified atom stereocenters. The van der Waals surface area contributed by atoms with Gasteiger partial charge in [-0.25, -0.2) is 9.97 Å². The first-order chi connectivity index (χ1) is 12.9. The average molecular weight is 367 g/mol. The summed E-state index contributed by atoms with van der Waals surface area (Å²) in [5.74, 6) is 1.44. The minimum absolute atomic E-state index is 0.278.